The number of hydrogen-bond acceptors (Lipinski definition) is 3. The molecule has 0 aliphatic carbocycles. The van der Waals surface area contributed by atoms with Crippen LogP contribution in [0.3, 0.4) is 0 Å². The lowest BCUT2D eigenvalue weighted by atomic mass is 9.93. The lowest BCUT2D eigenvalue weighted by Crippen LogP contribution is -2.10. The third kappa shape index (κ3) is 4.78. The standard InChI is InChI=1S/C34H25BNO2/c37-35-38-32-21-19-31(20-22-32)36(29-12-5-2-6-13-29)30-17-15-26(16-18-30)34-24-28(25-9-3-1-4-10-25)23-27-11-7-8-14-33(27)34/h1-24,37H. The van der Waals surface area contributed by atoms with E-state index in [1.165, 1.54) is 27.5 Å². The Morgan fingerprint density at radius 1 is 0.500 bits per heavy atom. The van der Waals surface area contributed by atoms with Crippen LogP contribution in [0.25, 0.3) is 33.0 Å². The van der Waals surface area contributed by atoms with Crippen LogP contribution in [-0.4, -0.2) is 12.7 Å². The van der Waals surface area contributed by atoms with Crippen molar-refractivity contribution in [3.8, 4) is 28.0 Å². The van der Waals surface area contributed by atoms with Crippen LogP contribution in [0.5, 0.6) is 5.75 Å². The second kappa shape index (κ2) is 10.7. The zero-order valence-corrected chi connectivity index (χ0v) is 20.7. The van der Waals surface area contributed by atoms with Gasteiger partial charge in [0.2, 0.25) is 0 Å². The van der Waals surface area contributed by atoms with Gasteiger partial charge in [0.25, 0.3) is 0 Å². The van der Waals surface area contributed by atoms with Gasteiger partial charge in [0.15, 0.2) is 0 Å². The summed E-state index contributed by atoms with van der Waals surface area (Å²) in [6.07, 6.45) is 0. The quantitative estimate of drug-likeness (QED) is 0.228. The first-order valence-electron chi connectivity index (χ1n) is 12.6. The smallest absolute Gasteiger partial charge is 0.537 e. The van der Waals surface area contributed by atoms with Gasteiger partial charge >= 0.3 is 7.69 Å². The summed E-state index contributed by atoms with van der Waals surface area (Å²) >= 11 is 0. The van der Waals surface area contributed by atoms with E-state index in [1.54, 1.807) is 0 Å². The van der Waals surface area contributed by atoms with Crippen LogP contribution in [0.4, 0.5) is 17.1 Å². The largest absolute Gasteiger partial charge is 0.569 e. The number of anilines is 3. The van der Waals surface area contributed by atoms with E-state index in [-0.39, 0.29) is 0 Å². The number of hydrogen-bond donors (Lipinski definition) is 1. The van der Waals surface area contributed by atoms with E-state index in [0.29, 0.717) is 13.4 Å². The number of fused-ring (bicyclic) bond motifs is 1. The maximum atomic E-state index is 8.96. The Morgan fingerprint density at radius 2 is 1.08 bits per heavy atom. The summed E-state index contributed by atoms with van der Waals surface area (Å²) in [6.45, 7) is 0. The Bertz CT molecular complexity index is 1650. The molecule has 0 spiro atoms. The van der Waals surface area contributed by atoms with Crippen LogP contribution in [0, 0.1) is 0 Å². The van der Waals surface area contributed by atoms with Crippen molar-refractivity contribution in [1.82, 2.24) is 0 Å². The summed E-state index contributed by atoms with van der Waals surface area (Å²) in [4.78, 5) is 2.20. The molecule has 0 bridgehead atoms. The maximum absolute atomic E-state index is 8.96. The van der Waals surface area contributed by atoms with Crippen LogP contribution in [0.1, 0.15) is 0 Å². The maximum Gasteiger partial charge on any atom is 0.569 e. The minimum Gasteiger partial charge on any atom is -0.537 e. The fourth-order valence-corrected chi connectivity index (χ4v) is 4.90. The van der Waals surface area contributed by atoms with E-state index in [0.717, 1.165) is 22.6 Å². The Balaban J connectivity index is 1.43. The van der Waals surface area contributed by atoms with Crippen molar-refractivity contribution in [2.45, 2.75) is 0 Å². The van der Waals surface area contributed by atoms with Gasteiger partial charge in [-0.1, -0.05) is 84.9 Å². The van der Waals surface area contributed by atoms with E-state index in [9.17, 15) is 0 Å². The molecule has 38 heavy (non-hydrogen) atoms. The first-order valence-corrected chi connectivity index (χ1v) is 12.6. The van der Waals surface area contributed by atoms with Crippen molar-refractivity contribution >= 4 is 35.5 Å². The molecule has 1 radical (unpaired) electrons. The molecule has 0 atom stereocenters. The van der Waals surface area contributed by atoms with Gasteiger partial charge in [-0.3, -0.25) is 0 Å². The van der Waals surface area contributed by atoms with Gasteiger partial charge in [0.05, 0.1) is 0 Å². The van der Waals surface area contributed by atoms with Crippen LogP contribution in [0.15, 0.2) is 146 Å². The SMILES string of the molecule is O[B]Oc1ccc(N(c2ccccc2)c2ccc(-c3cc(-c4ccccc4)cc4ccccc34)cc2)cc1. The molecule has 0 unspecified atom stereocenters. The second-order valence-electron chi connectivity index (χ2n) is 9.05. The number of benzene rings is 6. The zero-order valence-electron chi connectivity index (χ0n) is 20.7. The predicted molar refractivity (Wildman–Crippen MR) is 158 cm³/mol. The second-order valence-corrected chi connectivity index (χ2v) is 9.05. The van der Waals surface area contributed by atoms with Crippen LogP contribution in [0.2, 0.25) is 0 Å². The van der Waals surface area contributed by atoms with Gasteiger partial charge in [0, 0.05) is 17.1 Å². The molecule has 3 nitrogen and oxygen atoms in total. The Kier molecular flexibility index (Phi) is 6.63. The highest BCUT2D eigenvalue weighted by molar-refractivity contribution is 6.17. The molecule has 0 fully saturated rings. The van der Waals surface area contributed by atoms with E-state index < -0.39 is 0 Å². The lowest BCUT2D eigenvalue weighted by molar-refractivity contribution is 0.454. The predicted octanol–water partition coefficient (Wildman–Crippen LogP) is 8.55. The summed E-state index contributed by atoms with van der Waals surface area (Å²) < 4.78 is 5.11. The first-order chi connectivity index (χ1) is 18.8. The van der Waals surface area contributed by atoms with Crippen LogP contribution in [-0.2, 0) is 0 Å². The van der Waals surface area contributed by atoms with E-state index in [1.807, 2.05) is 48.5 Å². The average Bonchev–Trinajstić information content (AvgIpc) is 2.99. The van der Waals surface area contributed by atoms with Crippen molar-refractivity contribution < 1.29 is 9.68 Å². The molecule has 0 aliphatic heterocycles. The normalized spacial score (nSPS) is 10.8. The highest BCUT2D eigenvalue weighted by atomic mass is 16.5. The summed E-state index contributed by atoms with van der Waals surface area (Å²) in [5.41, 5.74) is 7.88. The fourth-order valence-electron chi connectivity index (χ4n) is 4.90. The van der Waals surface area contributed by atoms with Crippen LogP contribution >= 0.6 is 0 Å². The van der Waals surface area contributed by atoms with Crippen molar-refractivity contribution in [2.24, 2.45) is 0 Å². The molecule has 1 N–H and O–H groups in total. The molecule has 6 aromatic rings. The fraction of sp³-hybridized carbons (Fsp3) is 0. The summed E-state index contributed by atoms with van der Waals surface area (Å²) in [6, 6.07) is 50.3. The van der Waals surface area contributed by atoms with Crippen molar-refractivity contribution in [3.63, 3.8) is 0 Å². The number of nitrogens with zero attached hydrogens (tertiary/aromatic N) is 1. The zero-order chi connectivity index (χ0) is 25.7. The summed E-state index contributed by atoms with van der Waals surface area (Å²) in [7, 11) is 0.694. The van der Waals surface area contributed by atoms with Gasteiger partial charge in [-0.2, -0.15) is 0 Å². The molecule has 0 heterocycles. The molecule has 0 saturated heterocycles. The summed E-state index contributed by atoms with van der Waals surface area (Å²) in [5, 5.41) is 11.4. The molecule has 181 valence electrons. The van der Waals surface area contributed by atoms with E-state index in [4.69, 9.17) is 9.68 Å². The minimum absolute atomic E-state index is 0.574. The van der Waals surface area contributed by atoms with Crippen molar-refractivity contribution in [1.29, 1.82) is 0 Å². The lowest BCUT2D eigenvalue weighted by Gasteiger charge is -2.26. The highest BCUT2D eigenvalue weighted by Gasteiger charge is 2.14. The van der Waals surface area contributed by atoms with Gasteiger partial charge in [-0.05, 0) is 93.7 Å². The van der Waals surface area contributed by atoms with E-state index >= 15 is 0 Å². The molecular weight excluding hydrogens is 465 g/mol. The van der Waals surface area contributed by atoms with Gasteiger partial charge in [-0.15, -0.1) is 0 Å². The Labute approximate surface area is 223 Å². The molecule has 0 aliphatic rings. The number of para-hydroxylation sites is 1. The van der Waals surface area contributed by atoms with Crippen molar-refractivity contribution in [2.75, 3.05) is 4.90 Å². The Morgan fingerprint density at radius 3 is 1.76 bits per heavy atom. The van der Waals surface area contributed by atoms with Gasteiger partial charge in [-0.25, -0.2) is 0 Å². The highest BCUT2D eigenvalue weighted by Crippen LogP contribution is 2.38. The topological polar surface area (TPSA) is 32.7 Å². The molecule has 4 heteroatoms. The minimum atomic E-state index is 0.574. The van der Waals surface area contributed by atoms with Crippen LogP contribution < -0.4 is 9.55 Å². The third-order valence-electron chi connectivity index (χ3n) is 6.70. The van der Waals surface area contributed by atoms with Crippen molar-refractivity contribution in [3.05, 3.63) is 146 Å². The van der Waals surface area contributed by atoms with E-state index in [2.05, 4.69) is 102 Å². The molecular formula is C34H25BNO2. The van der Waals surface area contributed by atoms with Gasteiger partial charge in [0.1, 0.15) is 5.75 Å². The Hall–Kier alpha value is -4.80. The summed E-state index contributed by atoms with van der Waals surface area (Å²) in [5.74, 6) is 0.574. The number of rotatable bonds is 7. The molecule has 6 aromatic carbocycles. The molecule has 0 saturated carbocycles. The van der Waals surface area contributed by atoms with Gasteiger partial charge < -0.3 is 14.6 Å². The molecule has 0 amide bonds. The monoisotopic (exact) mass is 490 g/mol. The first kappa shape index (κ1) is 23.6. The molecule has 0 aromatic heterocycles. The average molecular weight is 490 g/mol. The third-order valence-corrected chi connectivity index (χ3v) is 6.70. The molecule has 6 rings (SSSR count).